The maximum atomic E-state index is 12.2. The van der Waals surface area contributed by atoms with Crippen molar-refractivity contribution in [2.45, 2.75) is 44.8 Å². The summed E-state index contributed by atoms with van der Waals surface area (Å²) in [4.78, 5) is 12.2. The normalized spacial score (nSPS) is 11.8. The van der Waals surface area contributed by atoms with Crippen molar-refractivity contribution in [3.63, 3.8) is 0 Å². The Labute approximate surface area is 197 Å². The number of carbonyl (C=O) groups excluding carboxylic acids is 1. The molecule has 1 amide bonds. The number of hydrogen-bond acceptors (Lipinski definition) is 3. The van der Waals surface area contributed by atoms with Crippen LogP contribution in [0.4, 0.5) is 5.69 Å². The van der Waals surface area contributed by atoms with Crippen molar-refractivity contribution >= 4 is 21.6 Å². The molecular weight excluding hydrogens is 432 g/mol. The molecule has 2 N–H and O–H groups in total. The summed E-state index contributed by atoms with van der Waals surface area (Å²) in [5, 5.41) is 2.91. The minimum atomic E-state index is -3.34. The fourth-order valence-corrected chi connectivity index (χ4v) is 4.13. The van der Waals surface area contributed by atoms with Crippen molar-refractivity contribution in [2.75, 3.05) is 11.9 Å². The number of amides is 1. The molecule has 0 radical (unpaired) electrons. The van der Waals surface area contributed by atoms with Gasteiger partial charge in [0.15, 0.2) is 0 Å². The molecule has 0 saturated carbocycles. The third-order valence-corrected chi connectivity index (χ3v) is 7.62. The van der Waals surface area contributed by atoms with Gasteiger partial charge in [0.05, 0.1) is 4.75 Å². The summed E-state index contributed by atoms with van der Waals surface area (Å²) in [6.07, 6.45) is 1.57. The van der Waals surface area contributed by atoms with Crippen LogP contribution in [0, 0.1) is 0 Å². The highest BCUT2D eigenvalue weighted by atomic mass is 32.2. The van der Waals surface area contributed by atoms with Gasteiger partial charge in [-0.05, 0) is 68.0 Å². The molecule has 0 bridgehead atoms. The second-order valence-corrected chi connectivity index (χ2v) is 11.6. The van der Waals surface area contributed by atoms with Gasteiger partial charge >= 0.3 is 0 Å². The standard InChI is InChI=1S/C27H32N2O3S/c1-27(2,3)33(31,32)28-20-8-7-11-26(30)29-25-18-16-24(17-19-25)23-14-12-22(13-15-23)21-9-5-4-6-10-21/h4-6,9-10,12-19,28H,7-8,11,20H2,1-3H3,(H,29,30). The first-order chi connectivity index (χ1) is 15.7. The highest BCUT2D eigenvalue weighted by Gasteiger charge is 2.27. The molecular formula is C27H32N2O3S. The monoisotopic (exact) mass is 464 g/mol. The summed E-state index contributed by atoms with van der Waals surface area (Å²) in [6, 6.07) is 26.5. The van der Waals surface area contributed by atoms with Crippen molar-refractivity contribution in [3.05, 3.63) is 78.9 Å². The van der Waals surface area contributed by atoms with Crippen LogP contribution in [0.5, 0.6) is 0 Å². The predicted octanol–water partition coefficient (Wildman–Crippen LogP) is 5.85. The Hall–Kier alpha value is -2.96. The quantitative estimate of drug-likeness (QED) is 0.390. The molecule has 0 aliphatic heterocycles. The number of rotatable bonds is 9. The van der Waals surface area contributed by atoms with Crippen molar-refractivity contribution in [1.82, 2.24) is 4.72 Å². The lowest BCUT2D eigenvalue weighted by molar-refractivity contribution is -0.116. The van der Waals surface area contributed by atoms with E-state index >= 15 is 0 Å². The molecule has 3 aromatic rings. The van der Waals surface area contributed by atoms with Crippen molar-refractivity contribution in [3.8, 4) is 22.3 Å². The Morgan fingerprint density at radius 3 is 1.73 bits per heavy atom. The van der Waals surface area contributed by atoms with Gasteiger partial charge in [0, 0.05) is 18.7 Å². The van der Waals surface area contributed by atoms with E-state index in [-0.39, 0.29) is 5.91 Å². The van der Waals surface area contributed by atoms with Crippen LogP contribution < -0.4 is 10.0 Å². The summed E-state index contributed by atoms with van der Waals surface area (Å²) in [5.74, 6) is -0.0753. The van der Waals surface area contributed by atoms with Crippen molar-refractivity contribution in [2.24, 2.45) is 0 Å². The molecule has 0 heterocycles. The maximum absolute atomic E-state index is 12.2. The van der Waals surface area contributed by atoms with E-state index in [1.807, 2.05) is 42.5 Å². The Morgan fingerprint density at radius 1 is 0.727 bits per heavy atom. The fourth-order valence-electron chi connectivity index (χ4n) is 3.29. The van der Waals surface area contributed by atoms with E-state index in [0.29, 0.717) is 25.8 Å². The molecule has 0 aliphatic rings. The predicted molar refractivity (Wildman–Crippen MR) is 136 cm³/mol. The van der Waals surface area contributed by atoms with Crippen LogP contribution in [-0.4, -0.2) is 25.6 Å². The highest BCUT2D eigenvalue weighted by Crippen LogP contribution is 2.26. The number of anilines is 1. The number of nitrogens with one attached hydrogen (secondary N) is 2. The zero-order chi connectivity index (χ0) is 23.9. The first kappa shape index (κ1) is 24.7. The topological polar surface area (TPSA) is 75.3 Å². The Balaban J connectivity index is 1.46. The average Bonchev–Trinajstić information content (AvgIpc) is 2.79. The molecule has 6 heteroatoms. The zero-order valence-corrected chi connectivity index (χ0v) is 20.3. The minimum absolute atomic E-state index is 0.0753. The number of hydrogen-bond donors (Lipinski definition) is 2. The Kier molecular flexibility index (Phi) is 8.06. The lowest BCUT2D eigenvalue weighted by Gasteiger charge is -2.19. The number of sulfonamides is 1. The van der Waals surface area contributed by atoms with Gasteiger partial charge in [-0.3, -0.25) is 4.79 Å². The third-order valence-electron chi connectivity index (χ3n) is 5.42. The third kappa shape index (κ3) is 7.01. The SMILES string of the molecule is CC(C)(C)S(=O)(=O)NCCCCC(=O)Nc1ccc(-c2ccc(-c3ccccc3)cc2)cc1. The van der Waals surface area contributed by atoms with Crippen LogP contribution in [0.2, 0.25) is 0 Å². The van der Waals surface area contributed by atoms with Gasteiger partial charge in [-0.1, -0.05) is 66.7 Å². The first-order valence-electron chi connectivity index (χ1n) is 11.2. The number of unbranched alkanes of at least 4 members (excludes halogenated alkanes) is 1. The van der Waals surface area contributed by atoms with E-state index in [0.717, 1.165) is 16.8 Å². The molecule has 0 atom stereocenters. The molecule has 0 fully saturated rings. The fraction of sp³-hybridized carbons (Fsp3) is 0.296. The Morgan fingerprint density at radius 2 is 1.21 bits per heavy atom. The molecule has 33 heavy (non-hydrogen) atoms. The molecule has 5 nitrogen and oxygen atoms in total. The molecule has 0 aromatic heterocycles. The van der Waals surface area contributed by atoms with Crippen LogP contribution in [0.3, 0.4) is 0 Å². The molecule has 0 unspecified atom stereocenters. The second-order valence-electron chi connectivity index (χ2n) is 9.04. The average molecular weight is 465 g/mol. The molecule has 174 valence electrons. The van der Waals surface area contributed by atoms with Gasteiger partial charge < -0.3 is 5.32 Å². The van der Waals surface area contributed by atoms with E-state index < -0.39 is 14.8 Å². The molecule has 0 saturated heterocycles. The van der Waals surface area contributed by atoms with E-state index in [1.165, 1.54) is 11.1 Å². The van der Waals surface area contributed by atoms with E-state index in [4.69, 9.17) is 0 Å². The molecule has 3 aromatic carbocycles. The summed E-state index contributed by atoms with van der Waals surface area (Å²) in [5.41, 5.74) is 5.31. The lowest BCUT2D eigenvalue weighted by atomic mass is 10.0. The second kappa shape index (κ2) is 10.8. The van der Waals surface area contributed by atoms with E-state index in [2.05, 4.69) is 46.4 Å². The summed E-state index contributed by atoms with van der Waals surface area (Å²) in [7, 11) is -3.34. The summed E-state index contributed by atoms with van der Waals surface area (Å²) < 4.78 is 25.8. The van der Waals surface area contributed by atoms with Crippen LogP contribution >= 0.6 is 0 Å². The van der Waals surface area contributed by atoms with Crippen LogP contribution in [0.15, 0.2) is 78.9 Å². The largest absolute Gasteiger partial charge is 0.326 e. The molecule has 0 spiro atoms. The van der Waals surface area contributed by atoms with Gasteiger partial charge in [-0.25, -0.2) is 13.1 Å². The van der Waals surface area contributed by atoms with Gasteiger partial charge in [-0.2, -0.15) is 0 Å². The van der Waals surface area contributed by atoms with Gasteiger partial charge in [-0.15, -0.1) is 0 Å². The maximum Gasteiger partial charge on any atom is 0.224 e. The number of carbonyl (C=O) groups is 1. The van der Waals surface area contributed by atoms with Crippen molar-refractivity contribution in [1.29, 1.82) is 0 Å². The molecule has 0 aliphatic carbocycles. The first-order valence-corrected chi connectivity index (χ1v) is 12.7. The van der Waals surface area contributed by atoms with Gasteiger partial charge in [0.2, 0.25) is 15.9 Å². The number of benzene rings is 3. The zero-order valence-electron chi connectivity index (χ0n) is 19.5. The van der Waals surface area contributed by atoms with Crippen LogP contribution in [0.25, 0.3) is 22.3 Å². The van der Waals surface area contributed by atoms with Crippen LogP contribution in [0.1, 0.15) is 40.0 Å². The minimum Gasteiger partial charge on any atom is -0.326 e. The smallest absolute Gasteiger partial charge is 0.224 e. The lowest BCUT2D eigenvalue weighted by Crippen LogP contribution is -2.39. The summed E-state index contributed by atoms with van der Waals surface area (Å²) >= 11 is 0. The highest BCUT2D eigenvalue weighted by molar-refractivity contribution is 7.90. The van der Waals surface area contributed by atoms with E-state index in [9.17, 15) is 13.2 Å². The summed E-state index contributed by atoms with van der Waals surface area (Å²) in [6.45, 7) is 5.32. The van der Waals surface area contributed by atoms with E-state index in [1.54, 1.807) is 20.8 Å². The molecule has 3 rings (SSSR count). The van der Waals surface area contributed by atoms with Gasteiger partial charge in [0.25, 0.3) is 0 Å². The van der Waals surface area contributed by atoms with Crippen molar-refractivity contribution < 1.29 is 13.2 Å². The Bertz CT molecular complexity index is 1150. The van der Waals surface area contributed by atoms with Gasteiger partial charge in [0.1, 0.15) is 0 Å². The van der Waals surface area contributed by atoms with Crippen LogP contribution in [-0.2, 0) is 14.8 Å².